The number of likely N-dealkylation sites (tertiary alicyclic amines) is 1. The lowest BCUT2D eigenvalue weighted by molar-refractivity contribution is -0.124. The number of thiophene rings is 1. The lowest BCUT2D eigenvalue weighted by Gasteiger charge is -2.12. The van der Waals surface area contributed by atoms with Crippen LogP contribution in [0, 0.1) is 0 Å². The van der Waals surface area contributed by atoms with Gasteiger partial charge in [0, 0.05) is 30.0 Å². The van der Waals surface area contributed by atoms with E-state index in [1.165, 1.54) is 6.39 Å². The lowest BCUT2D eigenvalue weighted by atomic mass is 10.1. The number of carbonyl (C=O) groups is 1. The molecule has 19 heavy (non-hydrogen) atoms. The van der Waals surface area contributed by atoms with Gasteiger partial charge in [-0.15, -0.1) is 11.3 Å². The summed E-state index contributed by atoms with van der Waals surface area (Å²) in [6, 6.07) is 3.96. The number of carbonyl (C=O) groups excluding carboxylic acids is 1. The van der Waals surface area contributed by atoms with Crippen LogP contribution >= 0.6 is 11.3 Å². The summed E-state index contributed by atoms with van der Waals surface area (Å²) in [7, 11) is 0. The molecule has 98 valence electrons. The van der Waals surface area contributed by atoms with Crippen LogP contribution in [0.25, 0.3) is 6.08 Å². The molecule has 1 fully saturated rings. The SMILES string of the molecule is O=C(/C=C/c1cccs1)N1CCC(c2ncon2)C1. The van der Waals surface area contributed by atoms with Crippen LogP contribution in [0.4, 0.5) is 0 Å². The first-order valence-electron chi connectivity index (χ1n) is 6.09. The topological polar surface area (TPSA) is 59.2 Å². The van der Waals surface area contributed by atoms with Crippen LogP contribution in [0.3, 0.4) is 0 Å². The second-order valence-corrected chi connectivity index (χ2v) is 5.39. The zero-order chi connectivity index (χ0) is 13.1. The quantitative estimate of drug-likeness (QED) is 0.805. The number of nitrogens with zero attached hydrogens (tertiary/aromatic N) is 3. The summed E-state index contributed by atoms with van der Waals surface area (Å²) in [4.78, 5) is 19.0. The van der Waals surface area contributed by atoms with E-state index in [2.05, 4.69) is 10.1 Å². The molecule has 0 aliphatic carbocycles. The fourth-order valence-electron chi connectivity index (χ4n) is 2.17. The van der Waals surface area contributed by atoms with Gasteiger partial charge in [-0.3, -0.25) is 4.79 Å². The summed E-state index contributed by atoms with van der Waals surface area (Å²) in [6.45, 7) is 1.40. The van der Waals surface area contributed by atoms with E-state index in [0.717, 1.165) is 17.8 Å². The van der Waals surface area contributed by atoms with Gasteiger partial charge in [0.25, 0.3) is 0 Å². The van der Waals surface area contributed by atoms with Crippen molar-refractivity contribution >= 4 is 23.3 Å². The summed E-state index contributed by atoms with van der Waals surface area (Å²) >= 11 is 1.62. The molecule has 2 aromatic heterocycles. The van der Waals surface area contributed by atoms with Gasteiger partial charge >= 0.3 is 0 Å². The highest BCUT2D eigenvalue weighted by molar-refractivity contribution is 7.10. The molecule has 3 rings (SSSR count). The van der Waals surface area contributed by atoms with Crippen LogP contribution in [0.5, 0.6) is 0 Å². The van der Waals surface area contributed by atoms with Crippen molar-refractivity contribution in [3.05, 3.63) is 40.7 Å². The summed E-state index contributed by atoms with van der Waals surface area (Å²) in [5, 5.41) is 5.83. The second-order valence-electron chi connectivity index (χ2n) is 4.41. The van der Waals surface area contributed by atoms with Gasteiger partial charge in [0.15, 0.2) is 5.82 Å². The van der Waals surface area contributed by atoms with Gasteiger partial charge in [0.1, 0.15) is 0 Å². The second kappa shape index (κ2) is 5.36. The smallest absolute Gasteiger partial charge is 0.246 e. The van der Waals surface area contributed by atoms with Crippen molar-refractivity contribution < 1.29 is 9.32 Å². The lowest BCUT2D eigenvalue weighted by Crippen LogP contribution is -2.26. The van der Waals surface area contributed by atoms with E-state index in [4.69, 9.17) is 4.52 Å². The summed E-state index contributed by atoms with van der Waals surface area (Å²) in [6.07, 6.45) is 5.70. The van der Waals surface area contributed by atoms with E-state index in [9.17, 15) is 4.79 Å². The molecule has 0 saturated carbocycles. The van der Waals surface area contributed by atoms with Crippen molar-refractivity contribution in [2.45, 2.75) is 12.3 Å². The first-order valence-corrected chi connectivity index (χ1v) is 6.97. The molecular formula is C13H13N3O2S. The van der Waals surface area contributed by atoms with E-state index in [1.807, 2.05) is 28.5 Å². The Balaban J connectivity index is 1.60. The third-order valence-electron chi connectivity index (χ3n) is 3.18. The highest BCUT2D eigenvalue weighted by Gasteiger charge is 2.28. The van der Waals surface area contributed by atoms with Gasteiger partial charge in [0.2, 0.25) is 12.3 Å². The standard InChI is InChI=1S/C13H13N3O2S/c17-12(4-3-11-2-1-7-19-11)16-6-5-10(8-16)13-14-9-18-15-13/h1-4,7,9-10H,5-6,8H2/b4-3+. The Morgan fingerprint density at radius 3 is 3.26 bits per heavy atom. The minimum Gasteiger partial charge on any atom is -0.343 e. The van der Waals surface area contributed by atoms with E-state index in [0.29, 0.717) is 12.4 Å². The van der Waals surface area contributed by atoms with Crippen molar-refractivity contribution in [2.75, 3.05) is 13.1 Å². The molecular weight excluding hydrogens is 262 g/mol. The highest BCUT2D eigenvalue weighted by Crippen LogP contribution is 2.24. The molecule has 2 aromatic rings. The fourth-order valence-corrected chi connectivity index (χ4v) is 2.79. The molecule has 0 N–H and O–H groups in total. The van der Waals surface area contributed by atoms with Crippen molar-refractivity contribution in [1.82, 2.24) is 15.0 Å². The van der Waals surface area contributed by atoms with Crippen LogP contribution in [0.2, 0.25) is 0 Å². The molecule has 6 heteroatoms. The largest absolute Gasteiger partial charge is 0.343 e. The Morgan fingerprint density at radius 2 is 2.53 bits per heavy atom. The minimum atomic E-state index is 0.0411. The molecule has 1 aliphatic rings. The zero-order valence-electron chi connectivity index (χ0n) is 10.2. The van der Waals surface area contributed by atoms with E-state index in [1.54, 1.807) is 17.4 Å². The van der Waals surface area contributed by atoms with Crippen molar-refractivity contribution in [3.63, 3.8) is 0 Å². The molecule has 1 saturated heterocycles. The molecule has 0 radical (unpaired) electrons. The van der Waals surface area contributed by atoms with Gasteiger partial charge in [-0.25, -0.2) is 0 Å². The maximum atomic E-state index is 12.0. The van der Waals surface area contributed by atoms with Gasteiger partial charge in [-0.05, 0) is 23.9 Å². The van der Waals surface area contributed by atoms with Gasteiger partial charge < -0.3 is 9.42 Å². The molecule has 1 atom stereocenters. The predicted octanol–water partition coefficient (Wildman–Crippen LogP) is 2.16. The molecule has 0 aromatic carbocycles. The molecule has 3 heterocycles. The number of amides is 1. The Bertz CT molecular complexity index is 563. The predicted molar refractivity (Wildman–Crippen MR) is 71.6 cm³/mol. The Morgan fingerprint density at radius 1 is 1.58 bits per heavy atom. The Kier molecular flexibility index (Phi) is 3.41. The monoisotopic (exact) mass is 275 g/mol. The minimum absolute atomic E-state index is 0.0411. The normalized spacial score (nSPS) is 19.4. The zero-order valence-corrected chi connectivity index (χ0v) is 11.0. The Hall–Kier alpha value is -1.95. The Labute approximate surface area is 114 Å². The van der Waals surface area contributed by atoms with Crippen molar-refractivity contribution in [3.8, 4) is 0 Å². The first kappa shape index (κ1) is 12.1. The van der Waals surface area contributed by atoms with Crippen LogP contribution < -0.4 is 0 Å². The van der Waals surface area contributed by atoms with E-state index >= 15 is 0 Å². The summed E-state index contributed by atoms with van der Waals surface area (Å²) in [5.41, 5.74) is 0. The fraction of sp³-hybridized carbons (Fsp3) is 0.308. The van der Waals surface area contributed by atoms with Crippen LogP contribution in [0.15, 0.2) is 34.5 Å². The number of hydrogen-bond donors (Lipinski definition) is 0. The maximum Gasteiger partial charge on any atom is 0.246 e. The van der Waals surface area contributed by atoms with Crippen LogP contribution in [-0.4, -0.2) is 34.0 Å². The number of rotatable bonds is 3. The number of aromatic nitrogens is 2. The van der Waals surface area contributed by atoms with Crippen LogP contribution in [-0.2, 0) is 4.79 Å². The molecule has 1 unspecified atom stereocenters. The van der Waals surface area contributed by atoms with Gasteiger partial charge in [0.05, 0.1) is 0 Å². The third-order valence-corrected chi connectivity index (χ3v) is 4.01. The average molecular weight is 275 g/mol. The molecule has 1 amide bonds. The van der Waals surface area contributed by atoms with Gasteiger partial charge in [-0.2, -0.15) is 4.98 Å². The molecule has 5 nitrogen and oxygen atoms in total. The summed E-state index contributed by atoms with van der Waals surface area (Å²) in [5.74, 6) is 0.926. The van der Waals surface area contributed by atoms with E-state index in [-0.39, 0.29) is 11.8 Å². The molecule has 0 bridgehead atoms. The average Bonchev–Trinajstić information content (AvgIpc) is 3.14. The number of hydrogen-bond acceptors (Lipinski definition) is 5. The van der Waals surface area contributed by atoms with Gasteiger partial charge in [-0.1, -0.05) is 11.2 Å². The van der Waals surface area contributed by atoms with Crippen LogP contribution in [0.1, 0.15) is 23.0 Å². The van der Waals surface area contributed by atoms with E-state index < -0.39 is 0 Å². The highest BCUT2D eigenvalue weighted by atomic mass is 32.1. The molecule has 1 aliphatic heterocycles. The summed E-state index contributed by atoms with van der Waals surface area (Å²) < 4.78 is 4.74. The van der Waals surface area contributed by atoms with Crippen molar-refractivity contribution in [2.24, 2.45) is 0 Å². The van der Waals surface area contributed by atoms with Crippen molar-refractivity contribution in [1.29, 1.82) is 0 Å². The maximum absolute atomic E-state index is 12.0. The third kappa shape index (κ3) is 2.73. The molecule has 0 spiro atoms. The first-order chi connectivity index (χ1) is 9.33.